The first-order chi connectivity index (χ1) is 9.10. The smallest absolute Gasteiger partial charge is 0.322 e. The van der Waals surface area contributed by atoms with E-state index in [-0.39, 0.29) is 13.0 Å². The Bertz CT molecular complexity index is 406. The van der Waals surface area contributed by atoms with Crippen LogP contribution in [0.25, 0.3) is 0 Å². The van der Waals surface area contributed by atoms with Gasteiger partial charge in [-0.15, -0.1) is 0 Å². The van der Waals surface area contributed by atoms with Crippen LogP contribution in [0, 0.1) is 11.6 Å². The molecular formula is C13H17F2NO3. The summed E-state index contributed by atoms with van der Waals surface area (Å²) >= 11 is 0. The molecule has 4 nitrogen and oxygen atoms in total. The van der Waals surface area contributed by atoms with Gasteiger partial charge < -0.3 is 14.8 Å². The first kappa shape index (κ1) is 15.4. The number of esters is 1. The van der Waals surface area contributed by atoms with Crippen molar-refractivity contribution in [3.63, 3.8) is 0 Å². The Morgan fingerprint density at radius 1 is 1.37 bits per heavy atom. The van der Waals surface area contributed by atoms with Gasteiger partial charge in [0.2, 0.25) is 0 Å². The second kappa shape index (κ2) is 7.68. The fraction of sp³-hybridized carbons (Fsp3) is 0.462. The van der Waals surface area contributed by atoms with Crippen molar-refractivity contribution in [2.24, 2.45) is 0 Å². The predicted octanol–water partition coefficient (Wildman–Crippen LogP) is 1.88. The van der Waals surface area contributed by atoms with Crippen molar-refractivity contribution in [1.82, 2.24) is 5.32 Å². The molecular weight excluding hydrogens is 256 g/mol. The molecule has 1 aromatic rings. The molecule has 19 heavy (non-hydrogen) atoms. The number of para-hydroxylation sites is 1. The Hall–Kier alpha value is -1.69. The highest BCUT2D eigenvalue weighted by Crippen LogP contribution is 2.20. The summed E-state index contributed by atoms with van der Waals surface area (Å²) < 4.78 is 36.2. The first-order valence-corrected chi connectivity index (χ1v) is 5.98. The largest absolute Gasteiger partial charge is 0.488 e. The maximum atomic E-state index is 13.3. The van der Waals surface area contributed by atoms with Crippen LogP contribution in [-0.4, -0.2) is 32.3 Å². The van der Waals surface area contributed by atoms with E-state index in [0.717, 1.165) is 12.1 Å². The second-order valence-corrected chi connectivity index (χ2v) is 3.82. The number of hydrogen-bond acceptors (Lipinski definition) is 4. The molecule has 1 aromatic carbocycles. The fourth-order valence-electron chi connectivity index (χ4n) is 1.59. The lowest BCUT2D eigenvalue weighted by Crippen LogP contribution is -2.38. The summed E-state index contributed by atoms with van der Waals surface area (Å²) in [6, 6.07) is 2.93. The third-order valence-electron chi connectivity index (χ3n) is 2.51. The van der Waals surface area contributed by atoms with Crippen LogP contribution in [-0.2, 0) is 9.53 Å². The number of hydrogen-bond donors (Lipinski definition) is 1. The zero-order chi connectivity index (χ0) is 14.3. The van der Waals surface area contributed by atoms with Crippen molar-refractivity contribution >= 4 is 5.97 Å². The predicted molar refractivity (Wildman–Crippen MR) is 66.0 cm³/mol. The highest BCUT2D eigenvalue weighted by molar-refractivity contribution is 5.75. The summed E-state index contributed by atoms with van der Waals surface area (Å²) in [6.07, 6.45) is 0.258. The molecule has 0 aliphatic heterocycles. The van der Waals surface area contributed by atoms with Gasteiger partial charge in [-0.25, -0.2) is 8.78 Å². The summed E-state index contributed by atoms with van der Waals surface area (Å²) in [7, 11) is 1.28. The van der Waals surface area contributed by atoms with Gasteiger partial charge in [0.05, 0.1) is 13.7 Å². The van der Waals surface area contributed by atoms with Gasteiger partial charge in [0.1, 0.15) is 6.04 Å². The van der Waals surface area contributed by atoms with E-state index in [9.17, 15) is 13.6 Å². The normalized spacial score (nSPS) is 12.0. The molecule has 6 heteroatoms. The Kier molecular flexibility index (Phi) is 6.21. The van der Waals surface area contributed by atoms with Crippen molar-refractivity contribution in [3.05, 3.63) is 29.8 Å². The lowest BCUT2D eigenvalue weighted by atomic mass is 10.2. The topological polar surface area (TPSA) is 47.6 Å². The molecule has 0 bridgehead atoms. The quantitative estimate of drug-likeness (QED) is 0.771. The Balaban J connectivity index is 2.54. The van der Waals surface area contributed by atoms with Crippen LogP contribution in [0.3, 0.4) is 0 Å². The number of benzene rings is 1. The molecule has 0 radical (unpaired) electrons. The number of carbonyl (C=O) groups excluding carboxylic acids is 1. The molecule has 1 rings (SSSR count). The number of halogens is 2. The van der Waals surface area contributed by atoms with Gasteiger partial charge in [0.15, 0.2) is 17.4 Å². The molecule has 0 aliphatic carbocycles. The summed E-state index contributed by atoms with van der Waals surface area (Å²) in [4.78, 5) is 11.4. The van der Waals surface area contributed by atoms with E-state index in [1.54, 1.807) is 0 Å². The summed E-state index contributed by atoms with van der Waals surface area (Å²) in [6.45, 7) is 2.42. The Labute approximate surface area is 110 Å². The average molecular weight is 273 g/mol. The molecule has 106 valence electrons. The van der Waals surface area contributed by atoms with Gasteiger partial charge in [-0.2, -0.15) is 0 Å². The molecule has 0 saturated heterocycles. The molecule has 0 fully saturated rings. The molecule has 1 atom stereocenters. The van der Waals surface area contributed by atoms with Gasteiger partial charge in [-0.05, 0) is 18.7 Å². The zero-order valence-electron chi connectivity index (χ0n) is 10.9. The minimum atomic E-state index is -0.766. The van der Waals surface area contributed by atoms with Crippen LogP contribution in [0.1, 0.15) is 13.3 Å². The third kappa shape index (κ3) is 4.48. The number of carbonyl (C=O) groups is 1. The van der Waals surface area contributed by atoms with Gasteiger partial charge in [0.25, 0.3) is 0 Å². The van der Waals surface area contributed by atoms with Crippen molar-refractivity contribution in [2.75, 3.05) is 20.3 Å². The van der Waals surface area contributed by atoms with Gasteiger partial charge in [-0.3, -0.25) is 4.79 Å². The number of methoxy groups -OCH3 is 1. The second-order valence-electron chi connectivity index (χ2n) is 3.82. The van der Waals surface area contributed by atoms with E-state index >= 15 is 0 Å². The highest BCUT2D eigenvalue weighted by atomic mass is 19.1. The fourth-order valence-corrected chi connectivity index (χ4v) is 1.59. The summed E-state index contributed by atoms with van der Waals surface area (Å²) in [5.74, 6) is -2.39. The van der Waals surface area contributed by atoms with E-state index < -0.39 is 29.4 Å². The van der Waals surface area contributed by atoms with Crippen molar-refractivity contribution < 1.29 is 23.0 Å². The van der Waals surface area contributed by atoms with E-state index in [4.69, 9.17) is 4.74 Å². The lowest BCUT2D eigenvalue weighted by molar-refractivity contribution is -0.143. The van der Waals surface area contributed by atoms with E-state index in [2.05, 4.69) is 10.1 Å². The summed E-state index contributed by atoms with van der Waals surface area (Å²) in [5, 5.41) is 2.91. The minimum Gasteiger partial charge on any atom is -0.488 e. The van der Waals surface area contributed by atoms with Gasteiger partial charge >= 0.3 is 5.97 Å². The lowest BCUT2D eigenvalue weighted by Gasteiger charge is -2.15. The van der Waals surface area contributed by atoms with Crippen molar-refractivity contribution in [1.29, 1.82) is 0 Å². The maximum absolute atomic E-state index is 13.3. The van der Waals surface area contributed by atoms with E-state index in [0.29, 0.717) is 6.54 Å². The molecule has 0 amide bonds. The number of likely N-dealkylation sites (N-methyl/N-ethyl adjacent to an activating group) is 1. The average Bonchev–Trinajstić information content (AvgIpc) is 2.40. The van der Waals surface area contributed by atoms with Crippen molar-refractivity contribution in [3.8, 4) is 5.75 Å². The SMILES string of the molecule is CCNC(CCOc1c(F)cccc1F)C(=O)OC. The standard InChI is InChI=1S/C13H17F2NO3/c1-3-16-11(13(17)18-2)7-8-19-12-9(14)5-4-6-10(12)15/h4-6,11,16H,3,7-8H2,1-2H3. The summed E-state index contributed by atoms with van der Waals surface area (Å²) in [5.41, 5.74) is 0. The molecule has 1 unspecified atom stereocenters. The molecule has 0 saturated carbocycles. The van der Waals surface area contributed by atoms with Crippen LogP contribution < -0.4 is 10.1 Å². The van der Waals surface area contributed by atoms with Crippen LogP contribution in [0.5, 0.6) is 5.75 Å². The monoisotopic (exact) mass is 273 g/mol. The highest BCUT2D eigenvalue weighted by Gasteiger charge is 2.18. The van der Waals surface area contributed by atoms with Crippen LogP contribution in [0.15, 0.2) is 18.2 Å². The van der Waals surface area contributed by atoms with Crippen molar-refractivity contribution in [2.45, 2.75) is 19.4 Å². The first-order valence-electron chi connectivity index (χ1n) is 5.98. The molecule has 1 N–H and O–H groups in total. The number of ether oxygens (including phenoxy) is 2. The number of nitrogens with one attached hydrogen (secondary N) is 1. The van der Waals surface area contributed by atoms with Crippen LogP contribution >= 0.6 is 0 Å². The van der Waals surface area contributed by atoms with Crippen LogP contribution in [0.4, 0.5) is 8.78 Å². The van der Waals surface area contributed by atoms with E-state index in [1.165, 1.54) is 13.2 Å². The van der Waals surface area contributed by atoms with Gasteiger partial charge in [-0.1, -0.05) is 13.0 Å². The minimum absolute atomic E-state index is 0.00458. The van der Waals surface area contributed by atoms with Gasteiger partial charge in [0, 0.05) is 6.42 Å². The molecule has 0 aliphatic rings. The molecule has 0 spiro atoms. The van der Waals surface area contributed by atoms with E-state index in [1.807, 2.05) is 6.92 Å². The zero-order valence-corrected chi connectivity index (χ0v) is 10.9. The molecule has 0 aromatic heterocycles. The third-order valence-corrected chi connectivity index (χ3v) is 2.51. The Morgan fingerprint density at radius 2 is 2.00 bits per heavy atom. The molecule has 0 heterocycles. The maximum Gasteiger partial charge on any atom is 0.322 e. The number of rotatable bonds is 7. The Morgan fingerprint density at radius 3 is 2.53 bits per heavy atom. The van der Waals surface area contributed by atoms with Crippen LogP contribution in [0.2, 0.25) is 0 Å².